The first-order valence-electron chi connectivity index (χ1n) is 8.01. The number of anilines is 1. The summed E-state index contributed by atoms with van der Waals surface area (Å²) in [5, 5.41) is 11.0. The van der Waals surface area contributed by atoms with Crippen molar-refractivity contribution < 1.29 is 23.1 Å². The molecule has 0 bridgehead atoms. The highest BCUT2D eigenvalue weighted by Crippen LogP contribution is 2.26. The summed E-state index contributed by atoms with van der Waals surface area (Å²) in [5.41, 5.74) is 4.34. The zero-order valence-electron chi connectivity index (χ0n) is 13.7. The third kappa shape index (κ3) is 5.15. The van der Waals surface area contributed by atoms with E-state index < -0.39 is 22.0 Å². The number of hydrazine groups is 1. The second-order valence-corrected chi connectivity index (χ2v) is 7.47. The Morgan fingerprint density at radius 3 is 2.44 bits per heavy atom. The molecule has 1 aliphatic rings. The third-order valence-electron chi connectivity index (χ3n) is 3.72. The van der Waals surface area contributed by atoms with Crippen molar-refractivity contribution in [2.24, 2.45) is 0 Å². The van der Waals surface area contributed by atoms with Gasteiger partial charge in [-0.15, -0.1) is 0 Å². The molecular weight excluding hydrogens is 348 g/mol. The Kier molecular flexibility index (Phi) is 6.73. The predicted octanol–water partition coefficient (Wildman–Crippen LogP) is 0.396. The summed E-state index contributed by atoms with van der Waals surface area (Å²) in [7, 11) is -3.71. The molecule has 4 N–H and O–H groups in total. The van der Waals surface area contributed by atoms with Gasteiger partial charge in [-0.25, -0.2) is 18.6 Å². The summed E-state index contributed by atoms with van der Waals surface area (Å²) in [6.07, 6.45) is 2.47. The maximum Gasteiger partial charge on any atom is 0.337 e. The first-order chi connectivity index (χ1) is 11.9. The molecule has 3 amide bonds. The molecule has 1 aromatic carbocycles. The number of aliphatic hydroxyl groups is 1. The Labute approximate surface area is 146 Å². The molecule has 1 aliphatic heterocycles. The Bertz CT molecular complexity index is 716. The van der Waals surface area contributed by atoms with E-state index in [2.05, 4.69) is 16.2 Å². The van der Waals surface area contributed by atoms with Gasteiger partial charge in [0.25, 0.3) is 0 Å². The number of piperidine rings is 1. The van der Waals surface area contributed by atoms with Gasteiger partial charge in [0.1, 0.15) is 4.90 Å². The number of hydrogen-bond acceptors (Lipinski definition) is 5. The lowest BCUT2D eigenvalue weighted by Gasteiger charge is -2.26. The van der Waals surface area contributed by atoms with Crippen LogP contribution in [0.2, 0.25) is 0 Å². The van der Waals surface area contributed by atoms with Crippen LogP contribution in [0, 0.1) is 0 Å². The lowest BCUT2D eigenvalue weighted by molar-refractivity contribution is -0.122. The van der Waals surface area contributed by atoms with Gasteiger partial charge in [-0.3, -0.25) is 10.2 Å². The molecule has 1 fully saturated rings. The van der Waals surface area contributed by atoms with Crippen molar-refractivity contribution in [1.29, 1.82) is 0 Å². The van der Waals surface area contributed by atoms with E-state index in [1.54, 1.807) is 12.1 Å². The molecule has 9 nitrogen and oxygen atoms in total. The molecule has 25 heavy (non-hydrogen) atoms. The standard InChI is InChI=1S/C15H22N4O5S/c20-11-8-14(21)17-18-15(22)16-12-6-2-3-7-13(12)25(23,24)19-9-4-1-5-10-19/h2-3,6-7,20H,1,4-5,8-11H2,(H,17,21)(H2,16,18,22). The summed E-state index contributed by atoms with van der Waals surface area (Å²) in [5.74, 6) is -0.563. The smallest absolute Gasteiger partial charge is 0.337 e. The lowest BCUT2D eigenvalue weighted by Crippen LogP contribution is -2.44. The van der Waals surface area contributed by atoms with Gasteiger partial charge in [-0.05, 0) is 25.0 Å². The van der Waals surface area contributed by atoms with E-state index in [1.807, 2.05) is 0 Å². The van der Waals surface area contributed by atoms with Crippen LogP contribution in [0.5, 0.6) is 0 Å². The second-order valence-electron chi connectivity index (χ2n) is 5.56. The Balaban J connectivity index is 2.09. The normalized spacial score (nSPS) is 15.4. The van der Waals surface area contributed by atoms with Crippen LogP contribution in [0.3, 0.4) is 0 Å². The van der Waals surface area contributed by atoms with Crippen LogP contribution in [0.1, 0.15) is 25.7 Å². The molecule has 138 valence electrons. The number of aliphatic hydroxyl groups excluding tert-OH is 1. The van der Waals surface area contributed by atoms with Crippen LogP contribution in [0.15, 0.2) is 29.2 Å². The van der Waals surface area contributed by atoms with Crippen molar-refractivity contribution >= 4 is 27.6 Å². The van der Waals surface area contributed by atoms with Crippen molar-refractivity contribution in [2.75, 3.05) is 25.0 Å². The number of nitrogens with zero attached hydrogens (tertiary/aromatic N) is 1. The number of nitrogens with one attached hydrogen (secondary N) is 3. The number of carbonyl (C=O) groups is 2. The van der Waals surface area contributed by atoms with Gasteiger partial charge < -0.3 is 10.4 Å². The van der Waals surface area contributed by atoms with Crippen LogP contribution in [0.25, 0.3) is 0 Å². The summed E-state index contributed by atoms with van der Waals surface area (Å²) < 4.78 is 27.0. The maximum absolute atomic E-state index is 12.8. The summed E-state index contributed by atoms with van der Waals surface area (Å²) >= 11 is 0. The zero-order valence-corrected chi connectivity index (χ0v) is 14.5. The zero-order chi connectivity index (χ0) is 18.3. The van der Waals surface area contributed by atoms with E-state index in [-0.39, 0.29) is 23.6 Å². The average molecular weight is 370 g/mol. The Morgan fingerprint density at radius 1 is 1.08 bits per heavy atom. The minimum Gasteiger partial charge on any atom is -0.396 e. The minimum atomic E-state index is -3.71. The molecule has 0 atom stereocenters. The fraction of sp³-hybridized carbons (Fsp3) is 0.467. The van der Waals surface area contributed by atoms with Gasteiger partial charge in [0, 0.05) is 13.1 Å². The number of amides is 3. The highest BCUT2D eigenvalue weighted by molar-refractivity contribution is 7.89. The second kappa shape index (κ2) is 8.79. The quantitative estimate of drug-likeness (QED) is 0.558. The van der Waals surface area contributed by atoms with Gasteiger partial charge in [0.2, 0.25) is 15.9 Å². The number of sulfonamides is 1. The molecular formula is C15H22N4O5S. The summed E-state index contributed by atoms with van der Waals surface area (Å²) in [4.78, 5) is 23.1. The summed E-state index contributed by atoms with van der Waals surface area (Å²) in [6.45, 7) is 0.576. The Morgan fingerprint density at radius 2 is 1.76 bits per heavy atom. The largest absolute Gasteiger partial charge is 0.396 e. The molecule has 1 saturated heterocycles. The molecule has 1 aromatic rings. The number of carbonyl (C=O) groups excluding carboxylic acids is 2. The van der Waals surface area contributed by atoms with E-state index in [0.29, 0.717) is 13.1 Å². The average Bonchev–Trinajstić information content (AvgIpc) is 2.61. The van der Waals surface area contributed by atoms with Gasteiger partial charge >= 0.3 is 6.03 Å². The van der Waals surface area contributed by atoms with Crippen LogP contribution in [-0.4, -0.2) is 49.5 Å². The van der Waals surface area contributed by atoms with Gasteiger partial charge in [0.05, 0.1) is 18.7 Å². The fourth-order valence-electron chi connectivity index (χ4n) is 2.48. The minimum absolute atomic E-state index is 0.00809. The SMILES string of the molecule is O=C(CCO)NNC(=O)Nc1ccccc1S(=O)(=O)N1CCCCC1. The maximum atomic E-state index is 12.8. The highest BCUT2D eigenvalue weighted by Gasteiger charge is 2.28. The fourth-order valence-corrected chi connectivity index (χ4v) is 4.15. The lowest BCUT2D eigenvalue weighted by atomic mass is 10.2. The molecule has 0 aliphatic carbocycles. The van der Waals surface area contributed by atoms with E-state index in [0.717, 1.165) is 19.3 Å². The van der Waals surface area contributed by atoms with Crippen molar-refractivity contribution in [3.63, 3.8) is 0 Å². The van der Waals surface area contributed by atoms with Crippen molar-refractivity contribution in [2.45, 2.75) is 30.6 Å². The predicted molar refractivity (Wildman–Crippen MR) is 91.1 cm³/mol. The molecule has 10 heteroatoms. The van der Waals surface area contributed by atoms with E-state index >= 15 is 0 Å². The number of rotatable bonds is 5. The molecule has 0 spiro atoms. The number of para-hydroxylation sites is 1. The van der Waals surface area contributed by atoms with Gasteiger partial charge in [-0.1, -0.05) is 18.6 Å². The number of benzene rings is 1. The first-order valence-corrected chi connectivity index (χ1v) is 9.45. The van der Waals surface area contributed by atoms with Gasteiger partial charge in [-0.2, -0.15) is 4.31 Å². The van der Waals surface area contributed by atoms with Crippen molar-refractivity contribution in [1.82, 2.24) is 15.2 Å². The van der Waals surface area contributed by atoms with E-state index in [1.165, 1.54) is 16.4 Å². The third-order valence-corrected chi connectivity index (χ3v) is 5.68. The van der Waals surface area contributed by atoms with Crippen molar-refractivity contribution in [3.8, 4) is 0 Å². The van der Waals surface area contributed by atoms with Gasteiger partial charge in [0.15, 0.2) is 0 Å². The van der Waals surface area contributed by atoms with E-state index in [4.69, 9.17) is 5.11 Å². The first kappa shape index (κ1) is 19.2. The van der Waals surface area contributed by atoms with E-state index in [9.17, 15) is 18.0 Å². The highest BCUT2D eigenvalue weighted by atomic mass is 32.2. The topological polar surface area (TPSA) is 128 Å². The monoisotopic (exact) mass is 370 g/mol. The molecule has 0 aromatic heterocycles. The molecule has 1 heterocycles. The molecule has 0 saturated carbocycles. The van der Waals surface area contributed by atoms with Crippen molar-refractivity contribution in [3.05, 3.63) is 24.3 Å². The van der Waals surface area contributed by atoms with Crippen LogP contribution >= 0.6 is 0 Å². The molecule has 2 rings (SSSR count). The summed E-state index contributed by atoms with van der Waals surface area (Å²) in [6, 6.07) is 5.32. The Hall–Kier alpha value is -2.17. The van der Waals surface area contributed by atoms with Crippen LogP contribution in [-0.2, 0) is 14.8 Å². The molecule has 0 radical (unpaired) electrons. The number of hydrogen-bond donors (Lipinski definition) is 4. The van der Waals surface area contributed by atoms with Crippen LogP contribution < -0.4 is 16.2 Å². The van der Waals surface area contributed by atoms with Crippen LogP contribution in [0.4, 0.5) is 10.5 Å². The molecule has 0 unspecified atom stereocenters. The number of urea groups is 1.